The highest BCUT2D eigenvalue weighted by Gasteiger charge is 2.23. The van der Waals surface area contributed by atoms with Gasteiger partial charge in [-0.2, -0.15) is 0 Å². The summed E-state index contributed by atoms with van der Waals surface area (Å²) in [5.41, 5.74) is 2.76. The fourth-order valence-electron chi connectivity index (χ4n) is 4.25. The summed E-state index contributed by atoms with van der Waals surface area (Å²) in [5.74, 6) is 0. The Bertz CT molecular complexity index is 1400. The highest BCUT2D eigenvalue weighted by atomic mass is 35.5. The number of rotatable bonds is 5. The molecule has 2 aromatic heterocycles. The Labute approximate surface area is 189 Å². The molecule has 1 aliphatic heterocycles. The topological polar surface area (TPSA) is 71.1 Å². The number of benzene rings is 2. The Balaban J connectivity index is 1.73. The molecule has 1 fully saturated rings. The van der Waals surface area contributed by atoms with E-state index in [1.165, 1.54) is 9.13 Å². The zero-order valence-electron chi connectivity index (χ0n) is 17.7. The molecule has 0 bridgehead atoms. The van der Waals surface area contributed by atoms with Crippen LogP contribution in [0.4, 0.5) is 0 Å². The number of hydrogen-bond acceptors (Lipinski definition) is 4. The third-order valence-corrected chi connectivity index (χ3v) is 6.25. The van der Waals surface area contributed by atoms with E-state index in [1.54, 1.807) is 30.6 Å². The fraction of sp³-hybridized carbons (Fsp3) is 0.292. The first-order valence-corrected chi connectivity index (χ1v) is 11.0. The van der Waals surface area contributed by atoms with Crippen LogP contribution in [0.25, 0.3) is 16.9 Å². The summed E-state index contributed by atoms with van der Waals surface area (Å²) in [5, 5.41) is 0.566. The van der Waals surface area contributed by atoms with Crippen LogP contribution in [0.1, 0.15) is 24.0 Å². The van der Waals surface area contributed by atoms with Crippen LogP contribution < -0.4 is 11.2 Å². The minimum absolute atomic E-state index is 0.149. The van der Waals surface area contributed by atoms with Gasteiger partial charge in [0.25, 0.3) is 5.56 Å². The number of fused-ring (bicyclic) bond motifs is 1. The van der Waals surface area contributed by atoms with Gasteiger partial charge in [0.15, 0.2) is 11.2 Å². The molecule has 0 unspecified atom stereocenters. The van der Waals surface area contributed by atoms with Gasteiger partial charge in [-0.25, -0.2) is 14.3 Å². The summed E-state index contributed by atoms with van der Waals surface area (Å²) in [4.78, 5) is 31.5. The van der Waals surface area contributed by atoms with Crippen LogP contribution in [-0.2, 0) is 17.8 Å². The van der Waals surface area contributed by atoms with E-state index in [4.69, 9.17) is 16.3 Å². The van der Waals surface area contributed by atoms with Gasteiger partial charge < -0.3 is 9.30 Å². The number of hydrogen-bond donors (Lipinski definition) is 0. The Kier molecular flexibility index (Phi) is 5.45. The fourth-order valence-corrected chi connectivity index (χ4v) is 4.37. The molecular formula is C24H23ClN4O3. The largest absolute Gasteiger partial charge is 0.376 e. The summed E-state index contributed by atoms with van der Waals surface area (Å²) in [6.45, 7) is 3.39. The average Bonchev–Trinajstić information content (AvgIpc) is 3.44. The number of aryl methyl sites for hydroxylation is 1. The molecule has 0 N–H and O–H groups in total. The lowest BCUT2D eigenvalue weighted by Crippen LogP contribution is -2.42. The summed E-state index contributed by atoms with van der Waals surface area (Å²) in [6, 6.07) is 15.0. The molecular weight excluding hydrogens is 428 g/mol. The van der Waals surface area contributed by atoms with Crippen molar-refractivity contribution in [1.29, 1.82) is 0 Å². The second-order valence-corrected chi connectivity index (χ2v) is 8.55. The van der Waals surface area contributed by atoms with Crippen LogP contribution >= 0.6 is 11.6 Å². The second-order valence-electron chi connectivity index (χ2n) is 8.12. The van der Waals surface area contributed by atoms with E-state index in [2.05, 4.69) is 4.98 Å². The van der Waals surface area contributed by atoms with Crippen molar-refractivity contribution in [2.45, 2.75) is 39.0 Å². The van der Waals surface area contributed by atoms with Gasteiger partial charge in [0.2, 0.25) is 0 Å². The number of nitrogens with zero attached hydrogens (tertiary/aromatic N) is 4. The molecule has 0 spiro atoms. The lowest BCUT2D eigenvalue weighted by molar-refractivity contribution is 0.0950. The van der Waals surface area contributed by atoms with Crippen LogP contribution in [0.3, 0.4) is 0 Å². The van der Waals surface area contributed by atoms with Crippen LogP contribution in [0, 0.1) is 6.92 Å². The van der Waals surface area contributed by atoms with E-state index >= 15 is 0 Å². The van der Waals surface area contributed by atoms with E-state index in [0.717, 1.165) is 24.0 Å². The third kappa shape index (κ3) is 3.67. The molecule has 164 valence electrons. The normalized spacial score (nSPS) is 16.1. The molecule has 1 atom stereocenters. The molecule has 8 heteroatoms. The van der Waals surface area contributed by atoms with Crippen molar-refractivity contribution in [2.75, 3.05) is 6.61 Å². The van der Waals surface area contributed by atoms with Gasteiger partial charge in [-0.15, -0.1) is 0 Å². The zero-order chi connectivity index (χ0) is 22.2. The van der Waals surface area contributed by atoms with Gasteiger partial charge in [-0.1, -0.05) is 35.9 Å². The van der Waals surface area contributed by atoms with Crippen molar-refractivity contribution < 1.29 is 4.74 Å². The first-order chi connectivity index (χ1) is 15.5. The number of imidazole rings is 1. The SMILES string of the molecule is Cc1ccccc1Cn1cnc2c1c(=O)n(C[C@H]1CCCO1)c(=O)n2-c1ccc(Cl)cc1. The summed E-state index contributed by atoms with van der Waals surface area (Å²) < 4.78 is 10.3. The first kappa shape index (κ1) is 20.7. The highest BCUT2D eigenvalue weighted by Crippen LogP contribution is 2.19. The standard InChI is InChI=1S/C24H23ClN4O3/c1-16-5-2-3-6-17(16)13-27-15-26-22-21(27)23(30)28(14-20-7-4-12-32-20)24(31)29(22)19-10-8-18(25)9-11-19/h2-3,5-6,8-11,15,20H,4,7,12-14H2,1H3/t20-/m1/s1. The van der Waals surface area contributed by atoms with Crippen LogP contribution in [0.5, 0.6) is 0 Å². The minimum Gasteiger partial charge on any atom is -0.376 e. The monoisotopic (exact) mass is 450 g/mol. The van der Waals surface area contributed by atoms with Gasteiger partial charge >= 0.3 is 5.69 Å². The smallest absolute Gasteiger partial charge is 0.337 e. The van der Waals surface area contributed by atoms with Crippen molar-refractivity contribution in [2.24, 2.45) is 0 Å². The Morgan fingerprint density at radius 2 is 1.91 bits per heavy atom. The first-order valence-electron chi connectivity index (χ1n) is 10.7. The highest BCUT2D eigenvalue weighted by molar-refractivity contribution is 6.30. The second kappa shape index (κ2) is 8.41. The lowest BCUT2D eigenvalue weighted by atomic mass is 10.1. The molecule has 0 radical (unpaired) electrons. The minimum atomic E-state index is -0.429. The lowest BCUT2D eigenvalue weighted by Gasteiger charge is -2.15. The Morgan fingerprint density at radius 1 is 1.12 bits per heavy atom. The van der Waals surface area contributed by atoms with Crippen molar-refractivity contribution >= 4 is 22.8 Å². The van der Waals surface area contributed by atoms with Gasteiger partial charge in [-0.3, -0.25) is 9.36 Å². The van der Waals surface area contributed by atoms with E-state index in [9.17, 15) is 9.59 Å². The maximum atomic E-state index is 13.5. The van der Waals surface area contributed by atoms with Crippen molar-refractivity contribution in [3.8, 4) is 5.69 Å². The molecule has 5 rings (SSSR count). The molecule has 0 aliphatic carbocycles. The molecule has 32 heavy (non-hydrogen) atoms. The van der Waals surface area contributed by atoms with Gasteiger partial charge in [0.05, 0.1) is 24.7 Å². The molecule has 2 aromatic carbocycles. The van der Waals surface area contributed by atoms with E-state index in [0.29, 0.717) is 35.0 Å². The molecule has 0 amide bonds. The zero-order valence-corrected chi connectivity index (χ0v) is 18.5. The van der Waals surface area contributed by atoms with Crippen LogP contribution in [0.2, 0.25) is 5.02 Å². The van der Waals surface area contributed by atoms with Gasteiger partial charge in [-0.05, 0) is 55.2 Å². The van der Waals surface area contributed by atoms with Crippen LogP contribution in [0.15, 0.2) is 64.4 Å². The Hall–Kier alpha value is -3.16. The van der Waals surface area contributed by atoms with Crippen molar-refractivity contribution in [3.05, 3.63) is 91.8 Å². The van der Waals surface area contributed by atoms with Crippen molar-refractivity contribution in [3.63, 3.8) is 0 Å². The van der Waals surface area contributed by atoms with E-state index in [1.807, 2.05) is 35.8 Å². The summed E-state index contributed by atoms with van der Waals surface area (Å²) >= 11 is 6.06. The van der Waals surface area contributed by atoms with E-state index in [-0.39, 0.29) is 18.2 Å². The predicted molar refractivity (Wildman–Crippen MR) is 124 cm³/mol. The maximum absolute atomic E-state index is 13.5. The number of aromatic nitrogens is 4. The number of ether oxygens (including phenoxy) is 1. The van der Waals surface area contributed by atoms with E-state index < -0.39 is 5.69 Å². The molecule has 3 heterocycles. The molecule has 0 saturated carbocycles. The molecule has 1 saturated heterocycles. The summed E-state index contributed by atoms with van der Waals surface area (Å²) in [6.07, 6.45) is 3.23. The molecule has 7 nitrogen and oxygen atoms in total. The maximum Gasteiger partial charge on any atom is 0.337 e. The Morgan fingerprint density at radius 3 is 2.62 bits per heavy atom. The van der Waals surface area contributed by atoms with Crippen LogP contribution in [-0.4, -0.2) is 31.4 Å². The molecule has 4 aromatic rings. The van der Waals surface area contributed by atoms with Gasteiger partial charge in [0.1, 0.15) is 0 Å². The number of halogens is 1. The average molecular weight is 451 g/mol. The third-order valence-electron chi connectivity index (χ3n) is 6.00. The predicted octanol–water partition coefficient (Wildman–Crippen LogP) is 3.54. The summed E-state index contributed by atoms with van der Waals surface area (Å²) in [7, 11) is 0. The quantitative estimate of drug-likeness (QED) is 0.466. The van der Waals surface area contributed by atoms with Gasteiger partial charge in [0, 0.05) is 18.2 Å². The molecule has 1 aliphatic rings. The van der Waals surface area contributed by atoms with Crippen molar-refractivity contribution in [1.82, 2.24) is 18.7 Å².